The van der Waals surface area contributed by atoms with Gasteiger partial charge in [0.15, 0.2) is 98.5 Å². The van der Waals surface area contributed by atoms with E-state index in [1.807, 2.05) is 107 Å². The van der Waals surface area contributed by atoms with E-state index in [9.17, 15) is 9.59 Å². The number of aromatic nitrogens is 19. The van der Waals surface area contributed by atoms with Gasteiger partial charge < -0.3 is 55.4 Å². The van der Waals surface area contributed by atoms with Gasteiger partial charge in [-0.1, -0.05) is 42.5 Å². The van der Waals surface area contributed by atoms with E-state index in [2.05, 4.69) is 116 Å². The number of pyridine rings is 5. The maximum Gasteiger partial charge on any atom is 0.256 e. The van der Waals surface area contributed by atoms with Crippen molar-refractivity contribution in [1.82, 2.24) is 94.7 Å². The van der Waals surface area contributed by atoms with Gasteiger partial charge >= 0.3 is 0 Å². The predicted octanol–water partition coefficient (Wildman–Crippen LogP) is 11.1. The van der Waals surface area contributed by atoms with Gasteiger partial charge in [0.25, 0.3) is 5.91 Å². The van der Waals surface area contributed by atoms with Crippen molar-refractivity contribution in [3.8, 4) is 103 Å². The molecule has 13 aromatic rings. The van der Waals surface area contributed by atoms with Crippen LogP contribution in [0.4, 0.5) is 29.1 Å². The van der Waals surface area contributed by atoms with E-state index in [4.69, 9.17) is 34.2 Å². The average molecular weight is 1430 g/mol. The molecule has 6 N–H and O–H groups in total. The van der Waals surface area contributed by atoms with Gasteiger partial charge in [0.05, 0.1) is 92.2 Å². The minimum absolute atomic E-state index is 0.223. The summed E-state index contributed by atoms with van der Waals surface area (Å²) in [4.78, 5) is 103. The Kier molecular flexibility index (Phi) is 29.8. The van der Waals surface area contributed by atoms with Crippen LogP contribution < -0.4 is 55.4 Å². The minimum Gasteiger partial charge on any atom is -0.494 e. The predicted molar refractivity (Wildman–Crippen MR) is 399 cm³/mol. The molecule has 0 saturated heterocycles. The first-order chi connectivity index (χ1) is 51.6. The molecule has 12 aromatic heterocycles. The van der Waals surface area contributed by atoms with Crippen LogP contribution in [0.25, 0.3) is 69.0 Å². The Hall–Kier alpha value is -14.3. The summed E-state index contributed by atoms with van der Waals surface area (Å²) in [6.45, 7) is 9.56. The number of benzene rings is 1. The van der Waals surface area contributed by atoms with Crippen LogP contribution in [0.15, 0.2) is 214 Å². The fourth-order valence-corrected chi connectivity index (χ4v) is 8.57. The number of methoxy groups -OCH3 is 6. The lowest BCUT2D eigenvalue weighted by Gasteiger charge is -2.13. The number of rotatable bonds is 19. The average Bonchev–Trinajstić information content (AvgIpc) is 0.830. The molecule has 106 heavy (non-hydrogen) atoms. The number of carbonyl (C=O) groups excluding carboxylic acids is 2. The van der Waals surface area contributed by atoms with Crippen LogP contribution in [0.3, 0.4) is 0 Å². The first-order valence-electron chi connectivity index (χ1n) is 32.3. The fraction of sp³-hybridized carbons (Fsp3) is 0.176. The molecule has 0 atom stereocenters. The van der Waals surface area contributed by atoms with Gasteiger partial charge in [-0.2, -0.15) is 0 Å². The Morgan fingerprint density at radius 2 is 0.726 bits per heavy atom. The molecular formula is C74H76N24O8. The number of nitrogens with two attached hydrogens (primary N) is 1. The van der Waals surface area contributed by atoms with E-state index >= 15 is 0 Å². The van der Waals surface area contributed by atoms with Gasteiger partial charge in [0, 0.05) is 79.7 Å². The number of nitrogens with zero attached hydrogens (tertiary/aromatic N) is 19. The minimum atomic E-state index is -0.269. The molecule has 32 heteroatoms. The maximum absolute atomic E-state index is 12.3. The third kappa shape index (κ3) is 23.6. The van der Waals surface area contributed by atoms with Gasteiger partial charge in [-0.25, -0.2) is 64.8 Å². The second-order valence-electron chi connectivity index (χ2n) is 21.8. The number of carbonyl (C=O) groups is 2. The van der Waals surface area contributed by atoms with Gasteiger partial charge in [0.2, 0.25) is 5.91 Å². The Labute approximate surface area is 610 Å². The summed E-state index contributed by atoms with van der Waals surface area (Å²) in [5.74, 6) is 8.05. The highest BCUT2D eigenvalue weighted by atomic mass is 16.5. The van der Waals surface area contributed by atoms with E-state index in [1.54, 1.807) is 138 Å². The molecular weight excluding hydrogens is 1350 g/mol. The van der Waals surface area contributed by atoms with Crippen molar-refractivity contribution in [1.29, 1.82) is 0 Å². The van der Waals surface area contributed by atoms with Gasteiger partial charge in [-0.05, 0) is 100 Å². The van der Waals surface area contributed by atoms with Crippen molar-refractivity contribution >= 4 is 40.9 Å². The van der Waals surface area contributed by atoms with Gasteiger partial charge in [-0.15, -0.1) is 0 Å². The van der Waals surface area contributed by atoms with Crippen LogP contribution in [0.1, 0.15) is 45.0 Å². The molecule has 0 unspecified atom stereocenters. The molecule has 1 aromatic carbocycles. The van der Waals surface area contributed by atoms with E-state index in [0.717, 1.165) is 11.3 Å². The van der Waals surface area contributed by atoms with Crippen LogP contribution in [-0.4, -0.2) is 161 Å². The van der Waals surface area contributed by atoms with E-state index in [-0.39, 0.29) is 23.9 Å². The summed E-state index contributed by atoms with van der Waals surface area (Å²) in [7, 11) is 9.29. The van der Waals surface area contributed by atoms with Crippen molar-refractivity contribution in [3.05, 3.63) is 220 Å². The molecule has 0 aliphatic heterocycles. The molecule has 540 valence electrons. The normalized spacial score (nSPS) is 10.1. The summed E-state index contributed by atoms with van der Waals surface area (Å²) in [6.07, 6.45) is 26.1. The highest BCUT2D eigenvalue weighted by molar-refractivity contribution is 6.04. The second kappa shape index (κ2) is 40.8. The standard InChI is InChI=1S/C17H14N4O2.C13H16N4O.C12H15N5O.C12H12N4O2.C10H10N4O.C10H9N3O/c1-23-14-11-19-15(13-9-5-6-10-18-13)20-16(14)21-17(22)12-7-3-2-4-8-12;1-9(2)16-13-11(18-3)8-15-12(17-13)10-5-4-6-14-7-10;1-8(2)16-12-10(18-3)7-15-11(17-12)9-6-13-4-5-14-9;1-8(17)15-12-10(18-2)7-14-11(16-12)9-5-3-4-6-13-9;1-15-8-6-13-10(14-9(8)11)7-4-2-3-5-12-7;1-14-8-6-12-10(13-7-8)9-4-2-3-5-11-9/h2-11H,1H3,(H,19,20,21,22);4-9H,1-3H3,(H,15,16,17);4-8H,1-3H3,(H,15,16,17);3-7H,1-2H3,(H,14,15,16,17);2-6H,1H3,(H2,11,13,14);2-7H,1H3. The molecule has 12 heterocycles. The number of nitrogen functional groups attached to an aromatic ring is 1. The Morgan fingerprint density at radius 1 is 0.340 bits per heavy atom. The highest BCUT2D eigenvalue weighted by Crippen LogP contribution is 2.29. The van der Waals surface area contributed by atoms with Crippen LogP contribution in [0.5, 0.6) is 34.5 Å². The van der Waals surface area contributed by atoms with Crippen LogP contribution in [0.2, 0.25) is 0 Å². The van der Waals surface area contributed by atoms with Crippen molar-refractivity contribution in [2.24, 2.45) is 0 Å². The smallest absolute Gasteiger partial charge is 0.256 e. The quantitative estimate of drug-likeness (QED) is 0.0502. The number of anilines is 5. The van der Waals surface area contributed by atoms with E-state index in [0.29, 0.717) is 127 Å². The molecule has 0 saturated carbocycles. The Morgan fingerprint density at radius 3 is 1.13 bits per heavy atom. The summed E-state index contributed by atoms with van der Waals surface area (Å²) in [5.41, 5.74) is 10.4. The third-order valence-corrected chi connectivity index (χ3v) is 13.5. The number of hydrogen-bond donors (Lipinski definition) is 5. The first-order valence-corrected chi connectivity index (χ1v) is 32.3. The molecule has 0 aliphatic carbocycles. The largest absolute Gasteiger partial charge is 0.494 e. The fourth-order valence-electron chi connectivity index (χ4n) is 8.57. The monoisotopic (exact) mass is 1430 g/mol. The molecule has 2 amide bonds. The van der Waals surface area contributed by atoms with Gasteiger partial charge in [0.1, 0.15) is 28.5 Å². The molecule has 0 fully saturated rings. The van der Waals surface area contributed by atoms with Crippen molar-refractivity contribution in [3.63, 3.8) is 0 Å². The number of hydrogen-bond acceptors (Lipinski definition) is 30. The molecule has 0 spiro atoms. The van der Waals surface area contributed by atoms with Crippen molar-refractivity contribution < 1.29 is 38.0 Å². The molecule has 0 radical (unpaired) electrons. The lowest BCUT2D eigenvalue weighted by atomic mass is 10.2. The summed E-state index contributed by atoms with van der Waals surface area (Å²) >= 11 is 0. The number of nitrogens with one attached hydrogen (secondary N) is 4. The van der Waals surface area contributed by atoms with Gasteiger partial charge in [-0.3, -0.25) is 39.5 Å². The lowest BCUT2D eigenvalue weighted by molar-refractivity contribution is -0.114. The molecule has 13 rings (SSSR count). The third-order valence-electron chi connectivity index (χ3n) is 13.5. The molecule has 0 bridgehead atoms. The second-order valence-corrected chi connectivity index (χ2v) is 21.8. The highest BCUT2D eigenvalue weighted by Gasteiger charge is 2.17. The first kappa shape index (κ1) is 77.4. The van der Waals surface area contributed by atoms with Crippen molar-refractivity contribution in [2.75, 3.05) is 69.7 Å². The zero-order valence-electron chi connectivity index (χ0n) is 59.7. The Balaban J connectivity index is 0.000000162. The topological polar surface area (TPSA) is 409 Å². The van der Waals surface area contributed by atoms with Crippen LogP contribution in [-0.2, 0) is 4.79 Å². The number of ether oxygens (including phenoxy) is 6. The molecule has 0 aliphatic rings. The number of amides is 2. The van der Waals surface area contributed by atoms with E-state index in [1.165, 1.54) is 46.8 Å². The SMILES string of the molecule is COc1cnc(-c2ccccn2)nc1.COc1cnc(-c2ccccn2)nc1N.COc1cnc(-c2ccccn2)nc1NC(=O)c1ccccc1.COc1cnc(-c2ccccn2)nc1NC(C)=O.COc1cnc(-c2cccnc2)nc1NC(C)C.COc1cnc(-c2cnccn2)nc1NC(C)C. The zero-order chi connectivity index (χ0) is 75.4. The molecule has 32 nitrogen and oxygen atoms in total. The maximum atomic E-state index is 12.3. The summed E-state index contributed by atoms with van der Waals surface area (Å²) in [5, 5.41) is 11.8. The van der Waals surface area contributed by atoms with Crippen molar-refractivity contribution in [2.45, 2.75) is 46.7 Å². The van der Waals surface area contributed by atoms with Crippen LogP contribution in [0, 0.1) is 0 Å². The van der Waals surface area contributed by atoms with E-state index < -0.39 is 0 Å². The summed E-state index contributed by atoms with van der Waals surface area (Å²) in [6, 6.07) is 35.2. The van der Waals surface area contributed by atoms with Crippen LogP contribution >= 0.6 is 0 Å². The Bertz CT molecular complexity index is 4720. The lowest BCUT2D eigenvalue weighted by Crippen LogP contribution is -2.14. The zero-order valence-corrected chi connectivity index (χ0v) is 59.7. The summed E-state index contributed by atoms with van der Waals surface area (Å²) < 4.78 is 30.7.